The van der Waals surface area contributed by atoms with Gasteiger partial charge in [-0.3, -0.25) is 9.69 Å². The Bertz CT molecular complexity index is 1310. The largest absolute Gasteiger partial charge is 0.454 e. The lowest BCUT2D eigenvalue weighted by molar-refractivity contribution is -0.337. The fraction of sp³-hybridized carbons (Fsp3) is 0.750. The molecule has 236 valence electrons. The minimum atomic E-state index is -1.49. The van der Waals surface area contributed by atoms with Gasteiger partial charge in [0.25, 0.3) is 0 Å². The summed E-state index contributed by atoms with van der Waals surface area (Å²) in [4.78, 5) is 32.9. The predicted molar refractivity (Wildman–Crippen MR) is 153 cm³/mol. The van der Waals surface area contributed by atoms with E-state index in [0.717, 1.165) is 0 Å². The summed E-state index contributed by atoms with van der Waals surface area (Å²) in [5.41, 5.74) is -1.16. The van der Waals surface area contributed by atoms with Gasteiger partial charge in [0.1, 0.15) is 16.8 Å². The number of ether oxygens (including phenoxy) is 4. The van der Waals surface area contributed by atoms with E-state index in [2.05, 4.69) is 17.3 Å². The molecule has 5 saturated carbocycles. The lowest BCUT2D eigenvalue weighted by Crippen LogP contribution is -2.83. The van der Waals surface area contributed by atoms with Gasteiger partial charge in [-0.15, -0.1) is 0 Å². The van der Waals surface area contributed by atoms with Gasteiger partial charge in [-0.25, -0.2) is 10.3 Å². The number of para-hydroxylation sites is 1. The molecule has 1 aliphatic heterocycles. The molecule has 1 aromatic rings. The van der Waals surface area contributed by atoms with Crippen LogP contribution < -0.4 is 5.48 Å². The fourth-order valence-corrected chi connectivity index (χ4v) is 11.5. The van der Waals surface area contributed by atoms with E-state index in [1.807, 2.05) is 0 Å². The van der Waals surface area contributed by atoms with Crippen molar-refractivity contribution in [3.05, 3.63) is 29.8 Å². The Balaban J connectivity index is 1.35. The smallest absolute Gasteiger partial charge is 0.340 e. The van der Waals surface area contributed by atoms with E-state index in [4.69, 9.17) is 23.8 Å². The zero-order valence-corrected chi connectivity index (χ0v) is 25.6. The maximum Gasteiger partial charge on any atom is 0.340 e. The van der Waals surface area contributed by atoms with E-state index in [1.54, 1.807) is 45.6 Å². The van der Waals surface area contributed by atoms with Crippen molar-refractivity contribution in [2.75, 3.05) is 39.9 Å². The van der Waals surface area contributed by atoms with E-state index in [-0.39, 0.29) is 47.5 Å². The van der Waals surface area contributed by atoms with E-state index in [9.17, 15) is 19.8 Å². The second-order valence-corrected chi connectivity index (χ2v) is 13.7. The van der Waals surface area contributed by atoms with E-state index < -0.39 is 40.3 Å². The number of hydrogen-bond donors (Lipinski definition) is 3. The number of aliphatic hydroxyl groups is 2. The molecule has 0 aromatic heterocycles. The summed E-state index contributed by atoms with van der Waals surface area (Å²) in [6.07, 6.45) is 1.81. The zero-order valence-electron chi connectivity index (χ0n) is 25.6. The highest BCUT2D eigenvalue weighted by atomic mass is 16.7. The quantitative estimate of drug-likeness (QED) is 0.299. The monoisotopic (exact) mass is 600 g/mol. The van der Waals surface area contributed by atoms with Gasteiger partial charge < -0.3 is 34.0 Å². The average Bonchev–Trinajstić information content (AvgIpc) is 3.42. The van der Waals surface area contributed by atoms with Gasteiger partial charge in [-0.05, 0) is 44.4 Å². The van der Waals surface area contributed by atoms with E-state index in [0.29, 0.717) is 50.9 Å². The highest BCUT2D eigenvalue weighted by Gasteiger charge is 2.89. The summed E-state index contributed by atoms with van der Waals surface area (Å²) in [5.74, 6) is -1.89. The van der Waals surface area contributed by atoms with Crippen LogP contribution in [-0.2, 0) is 28.6 Å². The van der Waals surface area contributed by atoms with Crippen LogP contribution in [0.25, 0.3) is 0 Å². The molecule has 0 unspecified atom stereocenters. The standard InChI is InChI=1S/C32H44N2O9/c1-6-34-16-29(42-28(36)18-9-7-8-10-21(18)33-43-17(2)35)12-11-25(40-4)31-23(29)14-20(26(31)34)30(37)15-22(39-3)19-13-24(31)32(30,38)27(19)41-5/h7-10,19-20,22-27,33,37-38H,6,11-16H2,1-5H3/t19-,20+,22+,23+,24-,25+,26-,27+,29+,30+,31+,32+/m1/s1. The number of likely N-dealkylation sites (N-methyl/N-ethyl adjacent to an activating group) is 1. The molecule has 1 saturated heterocycles. The maximum atomic E-state index is 14.1. The molecule has 7 bridgehead atoms. The minimum Gasteiger partial charge on any atom is -0.454 e. The van der Waals surface area contributed by atoms with Crippen LogP contribution in [0.3, 0.4) is 0 Å². The SMILES string of the molecule is CCN1C[C@@]2(OC(=O)c3ccccc3NOC(C)=O)CC[C@H](OC)[C@@]34[C@H]5C[C@@H]6[C@@H](OC)C[C@](O)([C@@H](C[C@@H]23)[C@@H]14)[C@@]5(O)[C@H]6OC. The molecule has 43 heavy (non-hydrogen) atoms. The minimum absolute atomic E-state index is 0.0559. The first-order valence-corrected chi connectivity index (χ1v) is 15.6. The van der Waals surface area contributed by atoms with Crippen molar-refractivity contribution in [1.29, 1.82) is 0 Å². The van der Waals surface area contributed by atoms with Crippen LogP contribution in [0.2, 0.25) is 0 Å². The van der Waals surface area contributed by atoms with Crippen LogP contribution >= 0.6 is 0 Å². The molecule has 11 nitrogen and oxygen atoms in total. The number of hydrogen-bond acceptors (Lipinski definition) is 11. The number of nitrogens with zero attached hydrogens (tertiary/aromatic N) is 1. The number of esters is 1. The summed E-state index contributed by atoms with van der Waals surface area (Å²) < 4.78 is 25.0. The van der Waals surface area contributed by atoms with Crippen molar-refractivity contribution in [3.63, 3.8) is 0 Å². The van der Waals surface area contributed by atoms with Crippen LogP contribution in [0.4, 0.5) is 5.69 Å². The number of nitrogens with one attached hydrogen (secondary N) is 1. The van der Waals surface area contributed by atoms with Gasteiger partial charge in [0.2, 0.25) is 0 Å². The molecule has 6 fully saturated rings. The molecular weight excluding hydrogens is 556 g/mol. The predicted octanol–water partition coefficient (Wildman–Crippen LogP) is 2.15. The molecule has 6 aliphatic rings. The second kappa shape index (κ2) is 9.86. The number of carbonyl (C=O) groups is 2. The first-order valence-electron chi connectivity index (χ1n) is 15.6. The van der Waals surface area contributed by atoms with Crippen molar-refractivity contribution in [2.45, 2.75) is 87.1 Å². The van der Waals surface area contributed by atoms with Gasteiger partial charge in [-0.2, -0.15) is 0 Å². The van der Waals surface area contributed by atoms with Crippen molar-refractivity contribution in [2.24, 2.45) is 29.1 Å². The van der Waals surface area contributed by atoms with Gasteiger partial charge in [0.05, 0.1) is 29.6 Å². The maximum absolute atomic E-state index is 14.1. The second-order valence-electron chi connectivity index (χ2n) is 13.7. The Hall–Kier alpha value is -2.28. The summed E-state index contributed by atoms with van der Waals surface area (Å²) in [6.45, 7) is 4.62. The summed E-state index contributed by atoms with van der Waals surface area (Å²) >= 11 is 0. The highest BCUT2D eigenvalue weighted by molar-refractivity contribution is 5.96. The molecule has 0 amide bonds. The van der Waals surface area contributed by atoms with E-state index in [1.165, 1.54) is 6.92 Å². The Morgan fingerprint density at radius 1 is 1.07 bits per heavy atom. The molecule has 5 aliphatic carbocycles. The number of rotatable bonds is 8. The average molecular weight is 601 g/mol. The van der Waals surface area contributed by atoms with Crippen LogP contribution in [0.15, 0.2) is 24.3 Å². The first kappa shape index (κ1) is 29.4. The number of piperidine rings is 1. The fourth-order valence-electron chi connectivity index (χ4n) is 11.5. The van der Waals surface area contributed by atoms with Crippen molar-refractivity contribution in [1.82, 2.24) is 4.90 Å². The Kier molecular flexibility index (Phi) is 6.75. The van der Waals surface area contributed by atoms with Gasteiger partial charge in [0.15, 0.2) is 0 Å². The van der Waals surface area contributed by atoms with Gasteiger partial charge in [0, 0.05) is 76.3 Å². The van der Waals surface area contributed by atoms with E-state index >= 15 is 0 Å². The van der Waals surface area contributed by atoms with Gasteiger partial charge >= 0.3 is 11.9 Å². The van der Waals surface area contributed by atoms with Crippen molar-refractivity contribution < 1.29 is 43.6 Å². The van der Waals surface area contributed by atoms with Crippen molar-refractivity contribution in [3.8, 4) is 0 Å². The molecule has 0 radical (unpaired) electrons. The lowest BCUT2D eigenvalue weighted by atomic mass is 9.44. The molecular formula is C32H44N2O9. The highest BCUT2D eigenvalue weighted by Crippen LogP contribution is 2.79. The molecule has 7 rings (SSSR count). The summed E-state index contributed by atoms with van der Waals surface area (Å²) in [5, 5.41) is 25.7. The Labute approximate surface area is 252 Å². The molecule has 1 aromatic carbocycles. The van der Waals surface area contributed by atoms with Gasteiger partial charge in [-0.1, -0.05) is 19.1 Å². The number of anilines is 1. The van der Waals surface area contributed by atoms with Crippen molar-refractivity contribution >= 4 is 17.6 Å². The molecule has 1 heterocycles. The zero-order chi connectivity index (χ0) is 30.5. The number of likely N-dealkylation sites (tertiary alicyclic amines) is 1. The van der Waals surface area contributed by atoms with Crippen LogP contribution in [0, 0.1) is 29.1 Å². The molecule has 1 spiro atoms. The molecule has 11 heteroatoms. The molecule has 12 atom stereocenters. The summed E-state index contributed by atoms with van der Waals surface area (Å²) in [7, 11) is 5.04. The number of benzene rings is 1. The van der Waals surface area contributed by atoms with Crippen LogP contribution in [-0.4, -0.2) is 103 Å². The first-order chi connectivity index (χ1) is 20.6. The number of carbonyl (C=O) groups excluding carboxylic acids is 2. The summed E-state index contributed by atoms with van der Waals surface area (Å²) in [6, 6.07) is 6.76. The Morgan fingerprint density at radius 3 is 2.51 bits per heavy atom. The number of methoxy groups -OCH3 is 3. The third-order valence-electron chi connectivity index (χ3n) is 12.6. The topological polar surface area (TPSA) is 136 Å². The normalized spacial score (nSPS) is 47.2. The lowest BCUT2D eigenvalue weighted by Gasteiger charge is -2.70. The van der Waals surface area contributed by atoms with Crippen LogP contribution in [0.1, 0.15) is 56.3 Å². The third-order valence-corrected chi connectivity index (χ3v) is 12.6. The van der Waals surface area contributed by atoms with Crippen LogP contribution in [0.5, 0.6) is 0 Å². The molecule has 3 N–H and O–H groups in total. The third kappa shape index (κ3) is 3.46. The number of fused-ring (bicyclic) bond motifs is 2. The Morgan fingerprint density at radius 2 is 1.84 bits per heavy atom.